The normalized spacial score (nSPS) is 46.7. The summed E-state index contributed by atoms with van der Waals surface area (Å²) in [4.78, 5) is 0. The van der Waals surface area contributed by atoms with Crippen molar-refractivity contribution >= 4 is 0 Å². The Bertz CT molecular complexity index is 208. The molecule has 0 aromatic carbocycles. The van der Waals surface area contributed by atoms with Crippen molar-refractivity contribution in [2.24, 2.45) is 11.3 Å². The summed E-state index contributed by atoms with van der Waals surface area (Å²) in [5.41, 5.74) is -0.249. The molecule has 3 unspecified atom stereocenters. The molecule has 0 aromatic heterocycles. The standard InChI is InChI=1S/C10H15NO/c1-2-10-5-3-4-8(9(10)12)6-11-7-10/h1,8-9,11-12H,3-7H2. The van der Waals surface area contributed by atoms with Crippen LogP contribution in [-0.2, 0) is 0 Å². The highest BCUT2D eigenvalue weighted by Gasteiger charge is 2.46. The average Bonchev–Trinajstić information content (AvgIpc) is 2.05. The van der Waals surface area contributed by atoms with E-state index < -0.39 is 0 Å². The molecule has 2 rings (SSSR count). The zero-order valence-corrected chi connectivity index (χ0v) is 7.21. The summed E-state index contributed by atoms with van der Waals surface area (Å²) in [5.74, 6) is 3.18. The summed E-state index contributed by atoms with van der Waals surface area (Å²) in [7, 11) is 0. The molecular weight excluding hydrogens is 150 g/mol. The molecule has 0 amide bonds. The minimum Gasteiger partial charge on any atom is -0.391 e. The molecule has 2 bridgehead atoms. The molecule has 2 aliphatic rings. The van der Waals surface area contributed by atoms with E-state index in [1.807, 2.05) is 0 Å². The first-order chi connectivity index (χ1) is 5.78. The van der Waals surface area contributed by atoms with E-state index in [-0.39, 0.29) is 11.5 Å². The third-order valence-electron chi connectivity index (χ3n) is 3.34. The van der Waals surface area contributed by atoms with Gasteiger partial charge in [-0.25, -0.2) is 0 Å². The van der Waals surface area contributed by atoms with Crippen LogP contribution in [0.1, 0.15) is 19.3 Å². The molecular formula is C10H15NO. The summed E-state index contributed by atoms with van der Waals surface area (Å²) in [5, 5.41) is 13.3. The number of fused-ring (bicyclic) bond motifs is 2. The zero-order chi connectivity index (χ0) is 8.60. The molecule has 2 fully saturated rings. The summed E-state index contributed by atoms with van der Waals surface area (Å²) >= 11 is 0. The maximum absolute atomic E-state index is 9.96. The van der Waals surface area contributed by atoms with Gasteiger partial charge in [-0.3, -0.25) is 0 Å². The van der Waals surface area contributed by atoms with Gasteiger partial charge in [-0.15, -0.1) is 6.42 Å². The van der Waals surface area contributed by atoms with Crippen molar-refractivity contribution < 1.29 is 5.11 Å². The molecule has 66 valence electrons. The van der Waals surface area contributed by atoms with Crippen LogP contribution >= 0.6 is 0 Å². The van der Waals surface area contributed by atoms with Gasteiger partial charge in [-0.2, -0.15) is 0 Å². The molecule has 1 aliphatic carbocycles. The summed E-state index contributed by atoms with van der Waals surface area (Å²) in [6.45, 7) is 1.73. The lowest BCUT2D eigenvalue weighted by molar-refractivity contribution is -0.0405. The van der Waals surface area contributed by atoms with Gasteiger partial charge in [-0.1, -0.05) is 12.3 Å². The first-order valence-corrected chi connectivity index (χ1v) is 4.65. The van der Waals surface area contributed by atoms with Crippen LogP contribution < -0.4 is 5.32 Å². The van der Waals surface area contributed by atoms with Gasteiger partial charge in [0.2, 0.25) is 0 Å². The van der Waals surface area contributed by atoms with Crippen molar-refractivity contribution in [2.45, 2.75) is 25.4 Å². The van der Waals surface area contributed by atoms with Gasteiger partial charge in [-0.05, 0) is 18.8 Å². The van der Waals surface area contributed by atoms with Gasteiger partial charge in [0.1, 0.15) is 0 Å². The van der Waals surface area contributed by atoms with E-state index in [0.717, 1.165) is 25.9 Å². The van der Waals surface area contributed by atoms with Crippen LogP contribution in [0.4, 0.5) is 0 Å². The quantitative estimate of drug-likeness (QED) is 0.508. The van der Waals surface area contributed by atoms with Gasteiger partial charge in [0.15, 0.2) is 0 Å². The highest BCUT2D eigenvalue weighted by molar-refractivity contribution is 5.15. The third-order valence-corrected chi connectivity index (χ3v) is 3.34. The summed E-state index contributed by atoms with van der Waals surface area (Å²) in [6.07, 6.45) is 8.50. The van der Waals surface area contributed by atoms with Crippen molar-refractivity contribution in [1.29, 1.82) is 0 Å². The SMILES string of the molecule is C#CC12CCCC(CNC1)C2O. The highest BCUT2D eigenvalue weighted by Crippen LogP contribution is 2.40. The van der Waals surface area contributed by atoms with Crippen molar-refractivity contribution in [3.8, 4) is 12.3 Å². The first kappa shape index (κ1) is 8.10. The monoisotopic (exact) mass is 165 g/mol. The van der Waals surface area contributed by atoms with E-state index >= 15 is 0 Å². The number of hydrogen-bond acceptors (Lipinski definition) is 2. The number of aliphatic hydroxyl groups is 1. The molecule has 12 heavy (non-hydrogen) atoms. The van der Waals surface area contributed by atoms with Crippen molar-refractivity contribution in [2.75, 3.05) is 13.1 Å². The third kappa shape index (κ3) is 0.972. The largest absolute Gasteiger partial charge is 0.391 e. The number of nitrogens with one attached hydrogen (secondary N) is 1. The van der Waals surface area contributed by atoms with E-state index in [9.17, 15) is 5.11 Å². The zero-order valence-electron chi connectivity index (χ0n) is 7.21. The molecule has 3 atom stereocenters. The van der Waals surface area contributed by atoms with Crippen LogP contribution in [0.15, 0.2) is 0 Å². The topological polar surface area (TPSA) is 32.3 Å². The predicted molar refractivity (Wildman–Crippen MR) is 47.5 cm³/mol. The number of terminal acetylenes is 1. The fraction of sp³-hybridized carbons (Fsp3) is 0.800. The Morgan fingerprint density at radius 1 is 1.58 bits per heavy atom. The maximum atomic E-state index is 9.96. The fourth-order valence-corrected chi connectivity index (χ4v) is 2.53. The minimum atomic E-state index is -0.266. The van der Waals surface area contributed by atoms with Crippen molar-refractivity contribution in [3.05, 3.63) is 0 Å². The van der Waals surface area contributed by atoms with Crippen LogP contribution in [0, 0.1) is 23.7 Å². The highest BCUT2D eigenvalue weighted by atomic mass is 16.3. The number of rotatable bonds is 0. The second-order valence-corrected chi connectivity index (χ2v) is 4.03. The van der Waals surface area contributed by atoms with E-state index in [0.29, 0.717) is 5.92 Å². The Labute approximate surface area is 73.4 Å². The van der Waals surface area contributed by atoms with Gasteiger partial charge in [0.05, 0.1) is 11.5 Å². The van der Waals surface area contributed by atoms with Crippen molar-refractivity contribution in [3.63, 3.8) is 0 Å². The van der Waals surface area contributed by atoms with E-state index in [4.69, 9.17) is 6.42 Å². The van der Waals surface area contributed by atoms with E-state index in [1.165, 1.54) is 6.42 Å². The minimum absolute atomic E-state index is 0.249. The van der Waals surface area contributed by atoms with Crippen LogP contribution in [0.5, 0.6) is 0 Å². The summed E-state index contributed by atoms with van der Waals surface area (Å²) in [6, 6.07) is 0. The molecule has 0 spiro atoms. The lowest BCUT2D eigenvalue weighted by Crippen LogP contribution is -2.56. The number of piperidine rings is 1. The molecule has 1 saturated carbocycles. The van der Waals surface area contributed by atoms with Crippen LogP contribution in [0.3, 0.4) is 0 Å². The molecule has 2 nitrogen and oxygen atoms in total. The average molecular weight is 165 g/mol. The Morgan fingerprint density at radius 2 is 2.42 bits per heavy atom. The molecule has 0 radical (unpaired) electrons. The molecule has 2 heteroatoms. The van der Waals surface area contributed by atoms with Crippen LogP contribution in [0.25, 0.3) is 0 Å². The number of aliphatic hydroxyl groups excluding tert-OH is 1. The second kappa shape index (κ2) is 2.76. The van der Waals surface area contributed by atoms with Gasteiger partial charge in [0, 0.05) is 13.1 Å². The fourth-order valence-electron chi connectivity index (χ4n) is 2.53. The van der Waals surface area contributed by atoms with Gasteiger partial charge < -0.3 is 10.4 Å². The van der Waals surface area contributed by atoms with Crippen molar-refractivity contribution in [1.82, 2.24) is 5.32 Å². The molecule has 1 saturated heterocycles. The maximum Gasteiger partial charge on any atom is 0.0758 e. The predicted octanol–water partition coefficient (Wildman–Crippen LogP) is 0.370. The molecule has 1 heterocycles. The molecule has 1 aliphatic heterocycles. The lowest BCUT2D eigenvalue weighted by Gasteiger charge is -2.46. The Balaban J connectivity index is 2.25. The number of hydrogen-bond donors (Lipinski definition) is 2. The van der Waals surface area contributed by atoms with E-state index in [1.54, 1.807) is 0 Å². The lowest BCUT2D eigenvalue weighted by atomic mass is 9.65. The van der Waals surface area contributed by atoms with E-state index in [2.05, 4.69) is 11.2 Å². The summed E-state index contributed by atoms with van der Waals surface area (Å²) < 4.78 is 0. The Morgan fingerprint density at radius 3 is 3.08 bits per heavy atom. The smallest absolute Gasteiger partial charge is 0.0758 e. The Hall–Kier alpha value is -0.520. The molecule has 2 N–H and O–H groups in total. The Kier molecular flexibility index (Phi) is 1.86. The first-order valence-electron chi connectivity index (χ1n) is 4.65. The second-order valence-electron chi connectivity index (χ2n) is 4.03. The van der Waals surface area contributed by atoms with Gasteiger partial charge in [0.25, 0.3) is 0 Å². The van der Waals surface area contributed by atoms with Crippen LogP contribution in [-0.4, -0.2) is 24.3 Å². The van der Waals surface area contributed by atoms with Crippen LogP contribution in [0.2, 0.25) is 0 Å². The van der Waals surface area contributed by atoms with Gasteiger partial charge >= 0.3 is 0 Å². The molecule has 0 aromatic rings.